The van der Waals surface area contributed by atoms with Gasteiger partial charge in [-0.1, -0.05) is 0 Å². The number of fused-ring (bicyclic) bond motifs is 1. The summed E-state index contributed by atoms with van der Waals surface area (Å²) in [5, 5.41) is 12.3. The normalized spacial score (nSPS) is 28.8. The summed E-state index contributed by atoms with van der Waals surface area (Å²) < 4.78 is 5.33. The zero-order chi connectivity index (χ0) is 17.6. The SMILES string of the molecule is Nc1cc(N2C[C@H]3C(=O)NC[C@@]3(C(=O)O)C2)nc(N2CCOCC2)n1. The van der Waals surface area contributed by atoms with E-state index in [0.29, 0.717) is 50.4 Å². The van der Waals surface area contributed by atoms with Gasteiger partial charge in [0.05, 0.1) is 19.1 Å². The Morgan fingerprint density at radius 1 is 1.36 bits per heavy atom. The van der Waals surface area contributed by atoms with Gasteiger partial charge in [0.15, 0.2) is 0 Å². The highest BCUT2D eigenvalue weighted by Gasteiger charge is 2.59. The van der Waals surface area contributed by atoms with Crippen molar-refractivity contribution in [3.63, 3.8) is 0 Å². The van der Waals surface area contributed by atoms with E-state index in [1.165, 1.54) is 0 Å². The van der Waals surface area contributed by atoms with Crippen LogP contribution in [0.1, 0.15) is 0 Å². The Kier molecular flexibility index (Phi) is 3.64. The zero-order valence-electron chi connectivity index (χ0n) is 13.6. The van der Waals surface area contributed by atoms with Crippen molar-refractivity contribution < 1.29 is 19.4 Å². The molecule has 1 aromatic rings. The average molecular weight is 348 g/mol. The molecule has 10 nitrogen and oxygen atoms in total. The van der Waals surface area contributed by atoms with E-state index in [1.807, 2.05) is 9.80 Å². The smallest absolute Gasteiger partial charge is 0.314 e. The van der Waals surface area contributed by atoms with Crippen molar-refractivity contribution in [1.29, 1.82) is 0 Å². The zero-order valence-corrected chi connectivity index (χ0v) is 13.6. The Bertz CT molecular complexity index is 722. The van der Waals surface area contributed by atoms with Crippen LogP contribution in [0.5, 0.6) is 0 Å². The van der Waals surface area contributed by atoms with Gasteiger partial charge in [-0.3, -0.25) is 9.59 Å². The number of aliphatic carboxylic acids is 1. The van der Waals surface area contributed by atoms with Gasteiger partial charge in [0.25, 0.3) is 0 Å². The number of carboxylic acids is 1. The fourth-order valence-corrected chi connectivity index (χ4v) is 3.76. The summed E-state index contributed by atoms with van der Waals surface area (Å²) in [4.78, 5) is 36.5. The van der Waals surface area contributed by atoms with Gasteiger partial charge < -0.3 is 30.7 Å². The molecule has 0 spiro atoms. The highest BCUT2D eigenvalue weighted by molar-refractivity contribution is 5.93. The standard InChI is InChI=1S/C15H20N6O4/c16-10-5-11(19-14(18-10)20-1-3-25-4-2-20)21-6-9-12(22)17-7-15(9,8-21)13(23)24/h5,9H,1-4,6-8H2,(H,17,22)(H,23,24)(H2,16,18,19)/t9-,15+/m0/s1. The molecule has 0 saturated carbocycles. The van der Waals surface area contributed by atoms with Crippen LogP contribution in [0.4, 0.5) is 17.6 Å². The molecule has 0 aromatic carbocycles. The Labute approximate surface area is 144 Å². The molecular weight excluding hydrogens is 328 g/mol. The second kappa shape index (κ2) is 5.73. The van der Waals surface area contributed by atoms with E-state index in [9.17, 15) is 14.7 Å². The molecule has 0 unspecified atom stereocenters. The number of ether oxygens (including phenoxy) is 1. The maximum Gasteiger partial charge on any atom is 0.314 e. The molecule has 3 aliphatic heterocycles. The summed E-state index contributed by atoms with van der Waals surface area (Å²) in [6, 6.07) is 1.62. The number of nitrogens with zero attached hydrogens (tertiary/aromatic N) is 4. The Balaban J connectivity index is 1.63. The lowest BCUT2D eigenvalue weighted by Gasteiger charge is -2.28. The maximum absolute atomic E-state index is 12.0. The number of nitrogens with one attached hydrogen (secondary N) is 1. The molecule has 10 heteroatoms. The van der Waals surface area contributed by atoms with Crippen LogP contribution in [-0.2, 0) is 14.3 Å². The third-order valence-electron chi connectivity index (χ3n) is 5.20. The molecule has 0 aliphatic carbocycles. The molecular formula is C15H20N6O4. The van der Waals surface area contributed by atoms with E-state index >= 15 is 0 Å². The number of hydrogen-bond acceptors (Lipinski definition) is 8. The number of nitrogen functional groups attached to an aromatic ring is 1. The van der Waals surface area contributed by atoms with Crippen LogP contribution in [0.3, 0.4) is 0 Å². The molecule has 4 rings (SSSR count). The summed E-state index contributed by atoms with van der Waals surface area (Å²) in [5.41, 5.74) is 4.82. The molecule has 134 valence electrons. The molecule has 4 heterocycles. The van der Waals surface area contributed by atoms with E-state index in [2.05, 4.69) is 15.3 Å². The van der Waals surface area contributed by atoms with Gasteiger partial charge in [0, 0.05) is 38.8 Å². The molecule has 1 amide bonds. The van der Waals surface area contributed by atoms with E-state index in [-0.39, 0.29) is 19.0 Å². The Hall–Kier alpha value is -2.62. The van der Waals surface area contributed by atoms with Gasteiger partial charge in [0.2, 0.25) is 11.9 Å². The minimum atomic E-state index is -1.12. The number of nitrogens with two attached hydrogens (primary N) is 1. The number of anilines is 3. The molecule has 3 aliphatic rings. The second-order valence-electron chi connectivity index (χ2n) is 6.66. The fourth-order valence-electron chi connectivity index (χ4n) is 3.76. The van der Waals surface area contributed by atoms with Gasteiger partial charge in [-0.15, -0.1) is 0 Å². The monoisotopic (exact) mass is 348 g/mol. The molecule has 0 bridgehead atoms. The number of rotatable bonds is 3. The van der Waals surface area contributed by atoms with Crippen LogP contribution in [0.25, 0.3) is 0 Å². The lowest BCUT2D eigenvalue weighted by molar-refractivity contribution is -0.149. The van der Waals surface area contributed by atoms with Gasteiger partial charge in [-0.2, -0.15) is 9.97 Å². The van der Waals surface area contributed by atoms with Crippen molar-refractivity contribution in [3.8, 4) is 0 Å². The number of carbonyl (C=O) groups excluding carboxylic acids is 1. The summed E-state index contributed by atoms with van der Waals surface area (Å²) >= 11 is 0. The van der Waals surface area contributed by atoms with Crippen molar-refractivity contribution in [2.24, 2.45) is 11.3 Å². The highest BCUT2D eigenvalue weighted by Crippen LogP contribution is 2.41. The molecule has 3 fully saturated rings. The van der Waals surface area contributed by atoms with Crippen molar-refractivity contribution in [2.75, 3.05) is 61.5 Å². The van der Waals surface area contributed by atoms with Crippen LogP contribution >= 0.6 is 0 Å². The first-order valence-corrected chi connectivity index (χ1v) is 8.23. The van der Waals surface area contributed by atoms with E-state index in [1.54, 1.807) is 6.07 Å². The predicted octanol–water partition coefficient (Wildman–Crippen LogP) is -1.47. The quantitative estimate of drug-likeness (QED) is 0.598. The van der Waals surface area contributed by atoms with Crippen LogP contribution in [0, 0.1) is 11.3 Å². The first kappa shape index (κ1) is 15.9. The van der Waals surface area contributed by atoms with Crippen LogP contribution in [0.15, 0.2) is 6.07 Å². The molecule has 1 aromatic heterocycles. The molecule has 25 heavy (non-hydrogen) atoms. The summed E-state index contributed by atoms with van der Waals surface area (Å²) in [6.07, 6.45) is 0. The second-order valence-corrected chi connectivity index (χ2v) is 6.66. The lowest BCUT2D eigenvalue weighted by atomic mass is 9.81. The van der Waals surface area contributed by atoms with Crippen molar-refractivity contribution in [1.82, 2.24) is 15.3 Å². The third-order valence-corrected chi connectivity index (χ3v) is 5.20. The van der Waals surface area contributed by atoms with Crippen molar-refractivity contribution in [3.05, 3.63) is 6.07 Å². The van der Waals surface area contributed by atoms with Gasteiger partial charge in [-0.25, -0.2) is 0 Å². The third kappa shape index (κ3) is 2.53. The molecule has 3 saturated heterocycles. The summed E-state index contributed by atoms with van der Waals surface area (Å²) in [6.45, 7) is 3.20. The largest absolute Gasteiger partial charge is 0.481 e. The number of carbonyl (C=O) groups is 2. The average Bonchev–Trinajstić information content (AvgIpc) is 3.14. The van der Waals surface area contributed by atoms with Crippen LogP contribution < -0.4 is 20.9 Å². The molecule has 4 N–H and O–H groups in total. The van der Waals surface area contributed by atoms with E-state index < -0.39 is 17.3 Å². The van der Waals surface area contributed by atoms with Crippen molar-refractivity contribution >= 4 is 29.5 Å². The Morgan fingerprint density at radius 2 is 2.12 bits per heavy atom. The number of hydrogen-bond donors (Lipinski definition) is 3. The maximum atomic E-state index is 12.0. The topological polar surface area (TPSA) is 134 Å². The fraction of sp³-hybridized carbons (Fsp3) is 0.600. The highest BCUT2D eigenvalue weighted by atomic mass is 16.5. The minimum absolute atomic E-state index is 0.138. The van der Waals surface area contributed by atoms with Gasteiger partial charge in [0.1, 0.15) is 17.1 Å². The van der Waals surface area contributed by atoms with Gasteiger partial charge >= 0.3 is 5.97 Å². The minimum Gasteiger partial charge on any atom is -0.481 e. The number of carboxylic acid groups (broad SMARTS) is 1. The van der Waals surface area contributed by atoms with Crippen molar-refractivity contribution in [2.45, 2.75) is 0 Å². The predicted molar refractivity (Wildman–Crippen MR) is 88.3 cm³/mol. The molecule has 0 radical (unpaired) electrons. The van der Waals surface area contributed by atoms with Crippen LogP contribution in [-0.4, -0.2) is 72.9 Å². The van der Waals surface area contributed by atoms with E-state index in [4.69, 9.17) is 10.5 Å². The van der Waals surface area contributed by atoms with E-state index in [0.717, 1.165) is 0 Å². The molecule has 2 atom stereocenters. The summed E-state index contributed by atoms with van der Waals surface area (Å²) in [7, 11) is 0. The van der Waals surface area contributed by atoms with Crippen LogP contribution in [0.2, 0.25) is 0 Å². The van der Waals surface area contributed by atoms with Gasteiger partial charge in [-0.05, 0) is 0 Å². The first-order valence-electron chi connectivity index (χ1n) is 8.23. The number of morpholine rings is 1. The number of amides is 1. The lowest BCUT2D eigenvalue weighted by Crippen LogP contribution is -2.40. The number of aromatic nitrogens is 2. The Morgan fingerprint density at radius 3 is 2.80 bits per heavy atom. The first-order chi connectivity index (χ1) is 12.0. The summed E-state index contributed by atoms with van der Waals surface area (Å²) in [5.74, 6) is -0.402.